The summed E-state index contributed by atoms with van der Waals surface area (Å²) in [5.74, 6) is 1.02. The fraction of sp³-hybridized carbons (Fsp3) is 0.276. The number of rotatable bonds is 3. The first-order valence-corrected chi connectivity index (χ1v) is 12.3. The van der Waals surface area contributed by atoms with Crippen LogP contribution in [0.5, 0.6) is 0 Å². The molecule has 1 aliphatic heterocycles. The van der Waals surface area contributed by atoms with E-state index in [1.54, 1.807) is 6.33 Å². The monoisotopic (exact) mass is 462 g/mol. The molecular weight excluding hydrogens is 432 g/mol. The van der Waals surface area contributed by atoms with Gasteiger partial charge in [-0.3, -0.25) is 0 Å². The number of piperazine rings is 1. The number of allylic oxidation sites excluding steroid dienone is 6. The molecule has 0 saturated carbocycles. The Labute approximate surface area is 205 Å². The van der Waals surface area contributed by atoms with Crippen LogP contribution < -0.4 is 4.90 Å². The van der Waals surface area contributed by atoms with Gasteiger partial charge >= 0.3 is 0 Å². The first kappa shape index (κ1) is 21.7. The van der Waals surface area contributed by atoms with Crippen LogP contribution in [0.1, 0.15) is 25.8 Å². The van der Waals surface area contributed by atoms with Gasteiger partial charge in [0.25, 0.3) is 0 Å². The summed E-state index contributed by atoms with van der Waals surface area (Å²) in [6.45, 7) is 8.43. The molecule has 35 heavy (non-hydrogen) atoms. The second kappa shape index (κ2) is 8.78. The van der Waals surface area contributed by atoms with Crippen molar-refractivity contribution in [1.29, 1.82) is 0 Å². The van der Waals surface area contributed by atoms with E-state index in [4.69, 9.17) is 9.97 Å². The molecule has 2 aliphatic rings. The summed E-state index contributed by atoms with van der Waals surface area (Å²) in [5.41, 5.74) is 9.27. The molecule has 0 unspecified atom stereocenters. The van der Waals surface area contributed by atoms with Gasteiger partial charge in [0.05, 0.1) is 5.52 Å². The van der Waals surface area contributed by atoms with Crippen molar-refractivity contribution in [1.82, 2.24) is 24.8 Å². The predicted octanol–water partition coefficient (Wildman–Crippen LogP) is 5.60. The highest BCUT2D eigenvalue weighted by molar-refractivity contribution is 6.00. The molecule has 1 aliphatic carbocycles. The minimum absolute atomic E-state index is 0.902. The lowest BCUT2D eigenvalue weighted by Gasteiger charge is -2.33. The Kier molecular flexibility index (Phi) is 5.46. The van der Waals surface area contributed by atoms with Crippen LogP contribution in [0.4, 0.5) is 5.82 Å². The van der Waals surface area contributed by atoms with Crippen LogP contribution in [0.2, 0.25) is 0 Å². The van der Waals surface area contributed by atoms with Crippen LogP contribution in [-0.2, 0) is 0 Å². The summed E-state index contributed by atoms with van der Waals surface area (Å²) < 4.78 is 0. The van der Waals surface area contributed by atoms with Crippen molar-refractivity contribution < 1.29 is 0 Å². The van der Waals surface area contributed by atoms with Gasteiger partial charge in [0.15, 0.2) is 0 Å². The van der Waals surface area contributed by atoms with Crippen molar-refractivity contribution in [2.45, 2.75) is 20.3 Å². The van der Waals surface area contributed by atoms with Crippen LogP contribution in [0.25, 0.3) is 38.6 Å². The third kappa shape index (κ3) is 3.94. The molecule has 4 aromatic rings. The molecule has 0 amide bonds. The minimum atomic E-state index is 0.902. The van der Waals surface area contributed by atoms with Gasteiger partial charge in [-0.2, -0.15) is 0 Å². The number of fused-ring (bicyclic) bond motifs is 2. The van der Waals surface area contributed by atoms with Crippen LogP contribution in [0.3, 0.4) is 0 Å². The quantitative estimate of drug-likeness (QED) is 0.429. The molecule has 1 saturated heterocycles. The van der Waals surface area contributed by atoms with Gasteiger partial charge < -0.3 is 14.8 Å². The molecule has 1 fully saturated rings. The molecule has 1 N–H and O–H groups in total. The predicted molar refractivity (Wildman–Crippen MR) is 144 cm³/mol. The number of aromatic amines is 1. The SMILES string of the molecule is CC1=CC=CCC(C)=C1c1cnc2[nH]cc(-c3ccc4ncnc(N5CCN(C)CC5)c4c3)c2c1. The van der Waals surface area contributed by atoms with Gasteiger partial charge in [0, 0.05) is 60.5 Å². The zero-order valence-corrected chi connectivity index (χ0v) is 20.5. The van der Waals surface area contributed by atoms with E-state index in [9.17, 15) is 0 Å². The van der Waals surface area contributed by atoms with Crippen molar-refractivity contribution in [3.8, 4) is 11.1 Å². The molecule has 0 atom stereocenters. The van der Waals surface area contributed by atoms with Crippen LogP contribution in [-0.4, -0.2) is 58.1 Å². The van der Waals surface area contributed by atoms with Gasteiger partial charge in [0.2, 0.25) is 0 Å². The van der Waals surface area contributed by atoms with Crippen LogP contribution in [0, 0.1) is 0 Å². The van der Waals surface area contributed by atoms with Crippen molar-refractivity contribution in [3.63, 3.8) is 0 Å². The van der Waals surface area contributed by atoms with Gasteiger partial charge in [-0.25, -0.2) is 15.0 Å². The lowest BCUT2D eigenvalue weighted by molar-refractivity contribution is 0.312. The molecular formula is C29H30N6. The second-order valence-electron chi connectivity index (χ2n) is 9.68. The van der Waals surface area contributed by atoms with Gasteiger partial charge in [0.1, 0.15) is 17.8 Å². The molecule has 4 heterocycles. The van der Waals surface area contributed by atoms with Gasteiger partial charge in [-0.05, 0) is 62.2 Å². The van der Waals surface area contributed by atoms with E-state index >= 15 is 0 Å². The van der Waals surface area contributed by atoms with E-state index in [0.717, 1.165) is 77.0 Å². The summed E-state index contributed by atoms with van der Waals surface area (Å²) in [5, 5.41) is 2.23. The minimum Gasteiger partial charge on any atom is -0.353 e. The van der Waals surface area contributed by atoms with Crippen LogP contribution in [0.15, 0.2) is 72.4 Å². The average molecular weight is 463 g/mol. The summed E-state index contributed by atoms with van der Waals surface area (Å²) >= 11 is 0. The number of pyridine rings is 1. The normalized spacial score (nSPS) is 17.3. The Hall–Kier alpha value is -3.77. The molecule has 3 aromatic heterocycles. The standard InChI is InChI=1S/C29H30N6/c1-19-6-4-5-7-20(2)27(19)22-15-23-25(17-31-28(23)30-16-22)21-8-9-26-24(14-21)29(33-18-32-26)35-12-10-34(3)11-13-35/h4-6,8-9,14-18H,7,10-13H2,1-3H3,(H,30,31). The fourth-order valence-corrected chi connectivity index (χ4v) is 5.31. The van der Waals surface area contributed by atoms with Gasteiger partial charge in [-0.15, -0.1) is 0 Å². The van der Waals surface area contributed by atoms with E-state index in [1.165, 1.54) is 16.7 Å². The van der Waals surface area contributed by atoms with Gasteiger partial charge in [-0.1, -0.05) is 29.9 Å². The summed E-state index contributed by atoms with van der Waals surface area (Å²) in [4.78, 5) is 22.2. The summed E-state index contributed by atoms with van der Waals surface area (Å²) in [6.07, 6.45) is 13.3. The number of aromatic nitrogens is 4. The van der Waals surface area contributed by atoms with E-state index < -0.39 is 0 Å². The number of benzene rings is 1. The number of nitrogens with zero attached hydrogens (tertiary/aromatic N) is 5. The number of nitrogens with one attached hydrogen (secondary N) is 1. The summed E-state index contributed by atoms with van der Waals surface area (Å²) in [6, 6.07) is 8.79. The topological polar surface area (TPSA) is 60.9 Å². The molecule has 6 heteroatoms. The first-order chi connectivity index (χ1) is 17.1. The zero-order valence-electron chi connectivity index (χ0n) is 20.5. The molecule has 0 radical (unpaired) electrons. The Morgan fingerprint density at radius 1 is 0.914 bits per heavy atom. The fourth-order valence-electron chi connectivity index (χ4n) is 5.31. The number of hydrogen-bond donors (Lipinski definition) is 1. The van der Waals surface area contributed by atoms with Crippen molar-refractivity contribution in [2.24, 2.45) is 0 Å². The van der Waals surface area contributed by atoms with Crippen molar-refractivity contribution in [2.75, 3.05) is 38.1 Å². The molecule has 0 spiro atoms. The Morgan fingerprint density at radius 3 is 2.60 bits per heavy atom. The highest BCUT2D eigenvalue weighted by atomic mass is 15.3. The maximum absolute atomic E-state index is 4.79. The molecule has 6 rings (SSSR count). The van der Waals surface area contributed by atoms with Crippen molar-refractivity contribution in [3.05, 3.63) is 77.9 Å². The second-order valence-corrected chi connectivity index (χ2v) is 9.68. The average Bonchev–Trinajstić information content (AvgIpc) is 3.22. The first-order valence-electron chi connectivity index (χ1n) is 12.3. The van der Waals surface area contributed by atoms with E-state index in [0.29, 0.717) is 0 Å². The number of H-pyrrole nitrogens is 1. The largest absolute Gasteiger partial charge is 0.353 e. The summed E-state index contributed by atoms with van der Waals surface area (Å²) in [7, 11) is 2.17. The zero-order chi connectivity index (χ0) is 23.9. The molecule has 1 aromatic carbocycles. The molecule has 0 bridgehead atoms. The Balaban J connectivity index is 1.46. The molecule has 176 valence electrons. The maximum Gasteiger partial charge on any atom is 0.139 e. The Morgan fingerprint density at radius 2 is 1.74 bits per heavy atom. The van der Waals surface area contributed by atoms with E-state index in [-0.39, 0.29) is 0 Å². The molecule has 6 nitrogen and oxygen atoms in total. The van der Waals surface area contributed by atoms with E-state index in [2.05, 4.69) is 89.4 Å². The highest BCUT2D eigenvalue weighted by Crippen LogP contribution is 2.36. The third-order valence-corrected chi connectivity index (χ3v) is 7.28. The smallest absolute Gasteiger partial charge is 0.139 e. The van der Waals surface area contributed by atoms with Crippen LogP contribution >= 0.6 is 0 Å². The van der Waals surface area contributed by atoms with E-state index in [1.807, 2.05) is 6.20 Å². The lowest BCUT2D eigenvalue weighted by Crippen LogP contribution is -2.44. The Bertz CT molecular complexity index is 1520. The number of likely N-dealkylation sites (N-methyl/N-ethyl adjacent to an activating group) is 1. The highest BCUT2D eigenvalue weighted by Gasteiger charge is 2.19. The lowest BCUT2D eigenvalue weighted by atomic mass is 9.93. The maximum atomic E-state index is 4.79. The number of anilines is 1. The third-order valence-electron chi connectivity index (χ3n) is 7.28. The van der Waals surface area contributed by atoms with Crippen molar-refractivity contribution >= 4 is 33.3 Å². The number of hydrogen-bond acceptors (Lipinski definition) is 5.